The van der Waals surface area contributed by atoms with Gasteiger partial charge in [0.2, 0.25) is 0 Å². The molecule has 1 aromatic carbocycles. The molecule has 72 valence electrons. The molecule has 0 aliphatic heterocycles. The van der Waals surface area contributed by atoms with E-state index in [4.69, 9.17) is 15.3 Å². The minimum atomic E-state index is -2.29. The summed E-state index contributed by atoms with van der Waals surface area (Å²) in [6, 6.07) is 2.15. The molecular weight excluding hydrogens is 196 g/mol. The van der Waals surface area contributed by atoms with Crippen molar-refractivity contribution in [2.24, 2.45) is 0 Å². The van der Waals surface area contributed by atoms with E-state index in [0.717, 1.165) is 12.1 Å². The Balaban J connectivity index is 3.06. The topological polar surface area (TPSA) is 101 Å². The fourth-order valence-electron chi connectivity index (χ4n) is 0.880. The number of hydrogen-bond donors (Lipinski definition) is 3. The second-order valence-corrected chi connectivity index (χ2v) is 3.33. The zero-order valence-electron chi connectivity index (χ0n) is 6.43. The van der Waals surface area contributed by atoms with Gasteiger partial charge in [-0.3, -0.25) is 4.21 Å². The first-order valence-electron chi connectivity index (χ1n) is 3.30. The van der Waals surface area contributed by atoms with E-state index in [2.05, 4.69) is 0 Å². The highest BCUT2D eigenvalue weighted by molar-refractivity contribution is 7.78. The molecule has 0 saturated carbocycles. The number of benzene rings is 1. The Bertz CT molecular complexity index is 326. The summed E-state index contributed by atoms with van der Waals surface area (Å²) in [4.78, 5) is 0. The van der Waals surface area contributed by atoms with Gasteiger partial charge in [-0.2, -0.15) is 0 Å². The van der Waals surface area contributed by atoms with Gasteiger partial charge in [-0.25, -0.2) is 0 Å². The molecule has 1 rings (SSSR count). The molecule has 1 aromatic rings. The number of phenols is 3. The third kappa shape index (κ3) is 2.33. The molecule has 0 aromatic heterocycles. The minimum absolute atomic E-state index is 0.209. The van der Waals surface area contributed by atoms with Gasteiger partial charge in [-0.15, -0.1) is 0 Å². The molecule has 0 aliphatic carbocycles. The van der Waals surface area contributed by atoms with Gasteiger partial charge >= 0.3 is 0 Å². The van der Waals surface area contributed by atoms with Gasteiger partial charge in [0, 0.05) is 5.75 Å². The molecular formula is C7H7O5S-. The highest BCUT2D eigenvalue weighted by atomic mass is 32.2. The van der Waals surface area contributed by atoms with E-state index in [1.807, 2.05) is 0 Å². The first-order valence-corrected chi connectivity index (χ1v) is 4.55. The lowest BCUT2D eigenvalue weighted by atomic mass is 10.2. The largest absolute Gasteiger partial charge is 0.772 e. The average Bonchev–Trinajstić information content (AvgIpc) is 1.98. The average molecular weight is 203 g/mol. The quantitative estimate of drug-likeness (QED) is 0.470. The minimum Gasteiger partial charge on any atom is -0.772 e. The molecule has 0 heterocycles. The predicted octanol–water partition coefficient (Wildman–Crippen LogP) is 0.182. The van der Waals surface area contributed by atoms with Gasteiger partial charge in [0.05, 0.1) is 0 Å². The Morgan fingerprint density at radius 3 is 2.08 bits per heavy atom. The number of hydrogen-bond acceptors (Lipinski definition) is 5. The normalized spacial score (nSPS) is 12.7. The molecule has 5 nitrogen and oxygen atoms in total. The van der Waals surface area contributed by atoms with Crippen molar-refractivity contribution in [1.29, 1.82) is 0 Å². The molecule has 13 heavy (non-hydrogen) atoms. The first-order chi connectivity index (χ1) is 6.00. The van der Waals surface area contributed by atoms with Crippen molar-refractivity contribution >= 4 is 11.1 Å². The fourth-order valence-corrected chi connectivity index (χ4v) is 1.32. The summed E-state index contributed by atoms with van der Waals surface area (Å²) < 4.78 is 20.5. The van der Waals surface area contributed by atoms with Crippen molar-refractivity contribution < 1.29 is 24.1 Å². The number of aromatic hydroxyl groups is 3. The van der Waals surface area contributed by atoms with Crippen LogP contribution in [0.4, 0.5) is 0 Å². The van der Waals surface area contributed by atoms with Gasteiger partial charge in [0.25, 0.3) is 0 Å². The molecule has 0 saturated heterocycles. The summed E-state index contributed by atoms with van der Waals surface area (Å²) >= 11 is -2.29. The van der Waals surface area contributed by atoms with Crippen LogP contribution in [0.25, 0.3) is 0 Å². The van der Waals surface area contributed by atoms with Gasteiger partial charge in [-0.1, -0.05) is 11.1 Å². The molecule has 0 spiro atoms. The summed E-state index contributed by atoms with van der Waals surface area (Å²) in [5.41, 5.74) is 0.209. The van der Waals surface area contributed by atoms with Crippen LogP contribution in [0.2, 0.25) is 0 Å². The van der Waals surface area contributed by atoms with E-state index < -0.39 is 28.3 Å². The van der Waals surface area contributed by atoms with Crippen molar-refractivity contribution in [2.75, 3.05) is 0 Å². The molecule has 0 amide bonds. The highest BCUT2D eigenvalue weighted by Gasteiger charge is 2.07. The molecule has 0 fully saturated rings. The van der Waals surface area contributed by atoms with Gasteiger partial charge in [0.15, 0.2) is 17.2 Å². The van der Waals surface area contributed by atoms with Crippen molar-refractivity contribution in [3.63, 3.8) is 0 Å². The van der Waals surface area contributed by atoms with Crippen molar-refractivity contribution in [2.45, 2.75) is 5.75 Å². The zero-order valence-corrected chi connectivity index (χ0v) is 7.24. The van der Waals surface area contributed by atoms with Crippen molar-refractivity contribution in [3.8, 4) is 17.2 Å². The Morgan fingerprint density at radius 2 is 1.69 bits per heavy atom. The van der Waals surface area contributed by atoms with E-state index in [1.54, 1.807) is 0 Å². The van der Waals surface area contributed by atoms with Crippen LogP contribution in [0.3, 0.4) is 0 Å². The standard InChI is InChI=1S/C7H8O5S/c8-5-1-4(3-13(11)12)2-6(9)7(5)10/h1-2,8-10H,3H2,(H,11,12)/p-1. The second kappa shape index (κ2) is 3.63. The van der Waals surface area contributed by atoms with Crippen LogP contribution in [0.15, 0.2) is 12.1 Å². The van der Waals surface area contributed by atoms with Gasteiger partial charge < -0.3 is 19.9 Å². The van der Waals surface area contributed by atoms with E-state index in [0.29, 0.717) is 0 Å². The van der Waals surface area contributed by atoms with Crippen LogP contribution in [0.1, 0.15) is 5.56 Å². The summed E-state index contributed by atoms with van der Waals surface area (Å²) in [7, 11) is 0. The Morgan fingerprint density at radius 1 is 1.23 bits per heavy atom. The summed E-state index contributed by atoms with van der Waals surface area (Å²) in [5, 5.41) is 26.9. The lowest BCUT2D eigenvalue weighted by Gasteiger charge is -2.07. The van der Waals surface area contributed by atoms with Crippen LogP contribution in [-0.4, -0.2) is 24.1 Å². The predicted molar refractivity (Wildman–Crippen MR) is 44.1 cm³/mol. The number of rotatable bonds is 2. The van der Waals surface area contributed by atoms with E-state index in [9.17, 15) is 8.76 Å². The summed E-state index contributed by atoms with van der Waals surface area (Å²) in [5.74, 6) is -2.05. The third-order valence-corrected chi connectivity index (χ3v) is 1.98. The third-order valence-electron chi connectivity index (χ3n) is 1.41. The molecule has 0 radical (unpaired) electrons. The molecule has 1 atom stereocenters. The second-order valence-electron chi connectivity index (χ2n) is 2.43. The lowest BCUT2D eigenvalue weighted by Crippen LogP contribution is -1.92. The SMILES string of the molecule is O=S([O-])Cc1cc(O)c(O)c(O)c1. The lowest BCUT2D eigenvalue weighted by molar-refractivity contribution is 0.367. The van der Waals surface area contributed by atoms with Crippen LogP contribution >= 0.6 is 0 Å². The zero-order chi connectivity index (χ0) is 10.0. The van der Waals surface area contributed by atoms with Crippen molar-refractivity contribution in [1.82, 2.24) is 0 Å². The van der Waals surface area contributed by atoms with Crippen LogP contribution in [0, 0.1) is 0 Å². The maximum absolute atomic E-state index is 10.3. The van der Waals surface area contributed by atoms with E-state index >= 15 is 0 Å². The molecule has 6 heteroatoms. The van der Waals surface area contributed by atoms with Crippen molar-refractivity contribution in [3.05, 3.63) is 17.7 Å². The molecule has 0 bridgehead atoms. The molecule has 1 unspecified atom stereocenters. The maximum atomic E-state index is 10.3. The van der Waals surface area contributed by atoms with Gasteiger partial charge in [0.1, 0.15) is 0 Å². The van der Waals surface area contributed by atoms with E-state index in [1.165, 1.54) is 0 Å². The molecule has 3 N–H and O–H groups in total. The first kappa shape index (κ1) is 9.82. The maximum Gasteiger partial charge on any atom is 0.200 e. The summed E-state index contributed by atoms with van der Waals surface area (Å²) in [6.07, 6.45) is 0. The van der Waals surface area contributed by atoms with Gasteiger partial charge in [-0.05, 0) is 17.7 Å². The Kier molecular flexibility index (Phi) is 2.74. The highest BCUT2D eigenvalue weighted by Crippen LogP contribution is 2.35. The summed E-state index contributed by atoms with van der Waals surface area (Å²) in [6.45, 7) is 0. The van der Waals surface area contributed by atoms with E-state index in [-0.39, 0.29) is 11.3 Å². The Hall–Kier alpha value is -1.27. The molecule has 0 aliphatic rings. The van der Waals surface area contributed by atoms with Crippen LogP contribution < -0.4 is 0 Å². The smallest absolute Gasteiger partial charge is 0.200 e. The van der Waals surface area contributed by atoms with Crippen LogP contribution in [0.5, 0.6) is 17.2 Å². The number of phenolic OH excluding ortho intramolecular Hbond substituents is 3. The Labute approximate surface area is 76.6 Å². The fraction of sp³-hybridized carbons (Fsp3) is 0.143. The monoisotopic (exact) mass is 203 g/mol. The van der Waals surface area contributed by atoms with Crippen LogP contribution in [-0.2, 0) is 16.8 Å².